The van der Waals surface area contributed by atoms with Gasteiger partial charge in [-0.05, 0) is 51.0 Å². The second-order valence-electron chi connectivity index (χ2n) is 8.28. The molecule has 1 aliphatic rings. The molecular formula is C21H24ClF2IN6O. The normalized spacial score (nSPS) is 16.3. The Labute approximate surface area is 204 Å². The summed E-state index contributed by atoms with van der Waals surface area (Å²) in [5, 5.41) is 7.22. The number of fused-ring (bicyclic) bond motifs is 1. The molecule has 0 bridgehead atoms. The third kappa shape index (κ3) is 4.96. The molecule has 1 aliphatic heterocycles. The number of hydrogen-bond acceptors (Lipinski definition) is 5. The van der Waals surface area contributed by atoms with Gasteiger partial charge in [-0.15, -0.1) is 12.4 Å². The number of aromatic nitrogens is 3. The number of halogens is 4. The van der Waals surface area contributed by atoms with Crippen molar-refractivity contribution in [3.63, 3.8) is 0 Å². The first-order valence-corrected chi connectivity index (χ1v) is 11.1. The van der Waals surface area contributed by atoms with Gasteiger partial charge in [-0.25, -0.2) is 18.3 Å². The minimum Gasteiger partial charge on any atom is -0.349 e. The summed E-state index contributed by atoms with van der Waals surface area (Å²) in [5.74, 6) is -0.577. The zero-order valence-corrected chi connectivity index (χ0v) is 20.6. The zero-order valence-electron chi connectivity index (χ0n) is 17.6. The van der Waals surface area contributed by atoms with Crippen molar-refractivity contribution in [1.29, 1.82) is 0 Å². The van der Waals surface area contributed by atoms with Gasteiger partial charge in [0, 0.05) is 53.3 Å². The number of carbonyl (C=O) groups is 1. The lowest BCUT2D eigenvalue weighted by molar-refractivity contribution is 0.0916. The molecule has 1 saturated heterocycles. The molecule has 0 aliphatic carbocycles. The lowest BCUT2D eigenvalue weighted by Crippen LogP contribution is -2.48. The van der Waals surface area contributed by atoms with E-state index >= 15 is 0 Å². The lowest BCUT2D eigenvalue weighted by Gasteiger charge is -2.27. The molecule has 0 spiro atoms. The van der Waals surface area contributed by atoms with Crippen LogP contribution in [0.2, 0.25) is 0 Å². The maximum Gasteiger partial charge on any atom is 0.257 e. The summed E-state index contributed by atoms with van der Waals surface area (Å²) in [5.41, 5.74) is 0.632. The van der Waals surface area contributed by atoms with E-state index in [1.807, 2.05) is 41.6 Å². The largest absolute Gasteiger partial charge is 0.349 e. The zero-order chi connectivity index (χ0) is 22.2. The number of hydrogen-bond donors (Lipinski definition) is 2. The molecule has 1 amide bonds. The van der Waals surface area contributed by atoms with E-state index in [0.717, 1.165) is 18.6 Å². The molecule has 2 aromatic heterocycles. The number of rotatable bonds is 6. The maximum atomic E-state index is 14.4. The monoisotopic (exact) mass is 576 g/mol. The van der Waals surface area contributed by atoms with Crippen LogP contribution in [0.25, 0.3) is 5.65 Å². The molecule has 1 fully saturated rings. The highest BCUT2D eigenvalue weighted by atomic mass is 127. The van der Waals surface area contributed by atoms with Gasteiger partial charge in [-0.1, -0.05) is 0 Å². The van der Waals surface area contributed by atoms with E-state index < -0.39 is 17.2 Å². The van der Waals surface area contributed by atoms with Crippen molar-refractivity contribution in [2.75, 3.05) is 18.0 Å². The van der Waals surface area contributed by atoms with E-state index in [4.69, 9.17) is 0 Å². The fourth-order valence-electron chi connectivity index (χ4n) is 3.90. The fourth-order valence-corrected chi connectivity index (χ4v) is 4.85. The van der Waals surface area contributed by atoms with Crippen LogP contribution in [0.15, 0.2) is 36.7 Å². The average molecular weight is 577 g/mol. The minimum atomic E-state index is -0.468. The topological polar surface area (TPSA) is 74.6 Å². The molecule has 0 saturated carbocycles. The summed E-state index contributed by atoms with van der Waals surface area (Å²) in [7, 11) is 0. The molecule has 3 heterocycles. The van der Waals surface area contributed by atoms with Crippen LogP contribution >= 0.6 is 35.3 Å². The highest BCUT2D eigenvalue weighted by Gasteiger charge is 2.30. The molecule has 7 nitrogen and oxygen atoms in total. The third-order valence-electron chi connectivity index (χ3n) is 5.42. The Morgan fingerprint density at radius 2 is 2.09 bits per heavy atom. The van der Waals surface area contributed by atoms with Crippen LogP contribution in [0.4, 0.5) is 14.6 Å². The first-order valence-electron chi connectivity index (χ1n) is 10.0. The molecule has 3 aromatic rings. The van der Waals surface area contributed by atoms with Gasteiger partial charge in [-0.2, -0.15) is 5.10 Å². The predicted octanol–water partition coefficient (Wildman–Crippen LogP) is 4.22. The molecule has 1 atom stereocenters. The van der Waals surface area contributed by atoms with E-state index in [-0.39, 0.29) is 24.4 Å². The number of nitrogens with one attached hydrogen (secondary N) is 2. The van der Waals surface area contributed by atoms with E-state index in [1.54, 1.807) is 12.3 Å². The van der Waals surface area contributed by atoms with Crippen molar-refractivity contribution in [2.24, 2.45) is 0 Å². The van der Waals surface area contributed by atoms with Crippen LogP contribution in [0.3, 0.4) is 0 Å². The highest BCUT2D eigenvalue weighted by Crippen LogP contribution is 2.36. The summed E-state index contributed by atoms with van der Waals surface area (Å²) >= 11 is 2.04. The van der Waals surface area contributed by atoms with Crippen LogP contribution in [0, 0.1) is 11.6 Å². The Morgan fingerprint density at radius 3 is 2.84 bits per heavy atom. The molecule has 11 heteroatoms. The van der Waals surface area contributed by atoms with Crippen LogP contribution in [0.5, 0.6) is 0 Å². The summed E-state index contributed by atoms with van der Waals surface area (Å²) in [4.78, 5) is 19.5. The Hall–Kier alpha value is -2.05. The Balaban J connectivity index is 0.00000289. The highest BCUT2D eigenvalue weighted by molar-refractivity contribution is 14.1. The Kier molecular flexibility index (Phi) is 7.56. The van der Waals surface area contributed by atoms with Crippen LogP contribution in [0.1, 0.15) is 48.7 Å². The summed E-state index contributed by atoms with van der Waals surface area (Å²) in [6.45, 7) is 5.09. The van der Waals surface area contributed by atoms with Gasteiger partial charge in [0.1, 0.15) is 23.0 Å². The lowest BCUT2D eigenvalue weighted by atomic mass is 10.0. The average Bonchev–Trinajstić information content (AvgIpc) is 3.35. The van der Waals surface area contributed by atoms with Crippen molar-refractivity contribution in [3.8, 4) is 0 Å². The number of nitrogens with zero attached hydrogens (tertiary/aromatic N) is 4. The molecule has 1 unspecified atom stereocenters. The SMILES string of the molecule is CC(C)(CNI)NC(=O)c1cnn2ccc(N3CCCC3c3cc(F)ccc3F)nc12.Cl. The van der Waals surface area contributed by atoms with Gasteiger partial charge in [-0.3, -0.25) is 8.32 Å². The van der Waals surface area contributed by atoms with E-state index in [1.165, 1.54) is 16.8 Å². The molecule has 1 aromatic carbocycles. The van der Waals surface area contributed by atoms with E-state index in [2.05, 4.69) is 18.9 Å². The van der Waals surface area contributed by atoms with Crippen LogP contribution in [-0.2, 0) is 0 Å². The standard InChI is InChI=1S/C21H23F2IN6O.ClH/c1-21(2,12-25-24)28-20(31)15-11-26-30-9-7-18(27-19(15)30)29-8-3-4-17(29)14-10-13(22)5-6-16(14)23;/h5-7,9-11,17,25H,3-4,8,12H2,1-2H3,(H,28,31);1H. The predicted molar refractivity (Wildman–Crippen MR) is 129 cm³/mol. The van der Waals surface area contributed by atoms with Crippen molar-refractivity contribution in [2.45, 2.75) is 38.3 Å². The van der Waals surface area contributed by atoms with Gasteiger partial charge in [0.05, 0.1) is 12.2 Å². The van der Waals surface area contributed by atoms with Crippen molar-refractivity contribution in [3.05, 3.63) is 59.4 Å². The number of carbonyl (C=O) groups excluding carboxylic acids is 1. The van der Waals surface area contributed by atoms with Crippen molar-refractivity contribution < 1.29 is 13.6 Å². The second kappa shape index (κ2) is 9.84. The van der Waals surface area contributed by atoms with E-state index in [9.17, 15) is 13.6 Å². The number of benzene rings is 1. The van der Waals surface area contributed by atoms with Gasteiger partial charge in [0.25, 0.3) is 5.91 Å². The van der Waals surface area contributed by atoms with Gasteiger partial charge < -0.3 is 10.2 Å². The Bertz CT molecular complexity index is 1120. The molecule has 32 heavy (non-hydrogen) atoms. The first-order chi connectivity index (χ1) is 14.8. The van der Waals surface area contributed by atoms with Gasteiger partial charge in [0.2, 0.25) is 0 Å². The van der Waals surface area contributed by atoms with Crippen molar-refractivity contribution >= 4 is 52.6 Å². The maximum absolute atomic E-state index is 14.4. The fraction of sp³-hybridized carbons (Fsp3) is 0.381. The van der Waals surface area contributed by atoms with Gasteiger partial charge >= 0.3 is 0 Å². The second-order valence-corrected chi connectivity index (χ2v) is 9.04. The number of anilines is 1. The van der Waals surface area contributed by atoms with Crippen LogP contribution in [-0.4, -0.2) is 39.1 Å². The molecule has 0 radical (unpaired) electrons. The van der Waals surface area contributed by atoms with Gasteiger partial charge in [0.15, 0.2) is 5.65 Å². The molecule has 4 rings (SSSR count). The Morgan fingerprint density at radius 1 is 1.31 bits per heavy atom. The minimum absolute atomic E-state index is 0. The number of amides is 1. The smallest absolute Gasteiger partial charge is 0.257 e. The molecular weight excluding hydrogens is 553 g/mol. The summed E-state index contributed by atoms with van der Waals surface area (Å²) in [6, 6.07) is 4.98. The van der Waals surface area contributed by atoms with E-state index in [0.29, 0.717) is 42.1 Å². The summed E-state index contributed by atoms with van der Waals surface area (Å²) < 4.78 is 32.7. The molecule has 2 N–H and O–H groups in total. The molecule has 172 valence electrons. The first kappa shape index (κ1) is 24.6. The summed E-state index contributed by atoms with van der Waals surface area (Å²) in [6.07, 6.45) is 4.74. The van der Waals surface area contributed by atoms with Crippen molar-refractivity contribution in [1.82, 2.24) is 23.4 Å². The van der Waals surface area contributed by atoms with Crippen LogP contribution < -0.4 is 13.7 Å². The quantitative estimate of drug-likeness (QED) is 0.340. The third-order valence-corrected chi connectivity index (χ3v) is 5.81.